The van der Waals surface area contributed by atoms with Gasteiger partial charge < -0.3 is 18.6 Å². The maximum atomic E-state index is 12.6. The number of furan rings is 1. The average molecular weight is 579 g/mol. The second-order valence-electron chi connectivity index (χ2n) is 11.2. The van der Waals surface area contributed by atoms with E-state index in [-0.39, 0.29) is 24.5 Å². The third-order valence-electron chi connectivity index (χ3n) is 7.31. The minimum Gasteiger partial charge on any atom is -0.465 e. The normalized spacial score (nSPS) is 12.6. The Morgan fingerprint density at radius 1 is 0.634 bits per heavy atom. The molecule has 1 heterocycles. The Hall–Kier alpha value is -2.31. The average Bonchev–Trinajstić information content (AvgIpc) is 3.50. The number of carbonyl (C=O) groups excluding carboxylic acids is 3. The van der Waals surface area contributed by atoms with E-state index in [9.17, 15) is 14.4 Å². The van der Waals surface area contributed by atoms with Crippen LogP contribution >= 0.6 is 0 Å². The van der Waals surface area contributed by atoms with Crippen LogP contribution in [-0.2, 0) is 28.6 Å². The summed E-state index contributed by atoms with van der Waals surface area (Å²) in [6.45, 7) is 6.55. The van der Waals surface area contributed by atoms with Gasteiger partial charge in [-0.3, -0.25) is 14.4 Å². The van der Waals surface area contributed by atoms with Crippen molar-refractivity contribution < 1.29 is 33.0 Å². The van der Waals surface area contributed by atoms with E-state index in [4.69, 9.17) is 18.6 Å². The number of esters is 3. The lowest BCUT2D eigenvalue weighted by Gasteiger charge is -2.20. The quantitative estimate of drug-likeness (QED) is 0.0583. The van der Waals surface area contributed by atoms with Crippen LogP contribution in [0.4, 0.5) is 0 Å². The smallest absolute Gasteiger partial charge is 0.306 e. The predicted molar refractivity (Wildman–Crippen MR) is 162 cm³/mol. The molecule has 0 saturated heterocycles. The Kier molecular flexibility index (Phi) is 22.7. The zero-order valence-corrected chi connectivity index (χ0v) is 26.3. The zero-order valence-electron chi connectivity index (χ0n) is 26.3. The summed E-state index contributed by atoms with van der Waals surface area (Å²) in [4.78, 5) is 37.4. The molecule has 41 heavy (non-hydrogen) atoms. The Morgan fingerprint density at radius 2 is 1.15 bits per heavy atom. The molecule has 7 nitrogen and oxygen atoms in total. The molecule has 236 valence electrons. The van der Waals surface area contributed by atoms with E-state index in [0.717, 1.165) is 70.6 Å². The summed E-state index contributed by atoms with van der Waals surface area (Å²) in [5.74, 6) is -0.107. The molecule has 0 aromatic carbocycles. The molecular weight excluding hydrogens is 520 g/mol. The van der Waals surface area contributed by atoms with E-state index in [1.807, 2.05) is 6.07 Å². The van der Waals surface area contributed by atoms with Gasteiger partial charge in [-0.05, 0) is 50.7 Å². The first kappa shape index (κ1) is 36.7. The van der Waals surface area contributed by atoms with Crippen LogP contribution in [0.5, 0.6) is 0 Å². The van der Waals surface area contributed by atoms with Crippen LogP contribution in [-0.4, -0.2) is 30.6 Å². The van der Waals surface area contributed by atoms with Crippen molar-refractivity contribution in [2.75, 3.05) is 6.61 Å². The van der Waals surface area contributed by atoms with Crippen LogP contribution in [0.2, 0.25) is 0 Å². The van der Waals surface area contributed by atoms with Gasteiger partial charge in [0.05, 0.1) is 6.26 Å². The fourth-order valence-electron chi connectivity index (χ4n) is 4.78. The van der Waals surface area contributed by atoms with Gasteiger partial charge in [-0.1, -0.05) is 97.8 Å². The number of unbranched alkanes of at least 4 members (excludes halogenated alkanes) is 12. The molecule has 1 aromatic heterocycles. The third kappa shape index (κ3) is 20.3. The third-order valence-corrected chi connectivity index (χ3v) is 7.31. The first-order chi connectivity index (χ1) is 20.0. The summed E-state index contributed by atoms with van der Waals surface area (Å²) in [5, 5.41) is 0. The molecule has 0 fully saturated rings. The first-order valence-electron chi connectivity index (χ1n) is 16.6. The minimum atomic E-state index is -0.520. The number of ether oxygens (including phenoxy) is 3. The monoisotopic (exact) mass is 578 g/mol. The van der Waals surface area contributed by atoms with Crippen molar-refractivity contribution in [2.45, 2.75) is 168 Å². The molecule has 0 aliphatic rings. The Bertz CT molecular complexity index is 774. The summed E-state index contributed by atoms with van der Waals surface area (Å²) >= 11 is 0. The summed E-state index contributed by atoms with van der Waals surface area (Å²) < 4.78 is 22.6. The van der Waals surface area contributed by atoms with E-state index in [1.165, 1.54) is 25.7 Å². The molecule has 0 N–H and O–H groups in total. The fourth-order valence-corrected chi connectivity index (χ4v) is 4.78. The Balaban J connectivity index is 2.60. The summed E-state index contributed by atoms with van der Waals surface area (Å²) in [6, 6.07) is 3.60. The SMILES string of the molecule is CCCCCCCC(=O)OCC(CCCC(OC(=O)CCCCCCC)c1ccco1)OC(=O)CCCCCCC. The van der Waals surface area contributed by atoms with Gasteiger partial charge in [-0.15, -0.1) is 0 Å². The van der Waals surface area contributed by atoms with Crippen molar-refractivity contribution in [1.29, 1.82) is 0 Å². The highest BCUT2D eigenvalue weighted by atomic mass is 16.6. The van der Waals surface area contributed by atoms with Crippen LogP contribution in [0.3, 0.4) is 0 Å². The zero-order chi connectivity index (χ0) is 30.0. The van der Waals surface area contributed by atoms with Gasteiger partial charge in [0.2, 0.25) is 0 Å². The summed E-state index contributed by atoms with van der Waals surface area (Å²) in [6.07, 6.45) is 19.3. The molecule has 0 radical (unpaired) electrons. The molecular formula is C34H58O7. The highest BCUT2D eigenvalue weighted by molar-refractivity contribution is 5.70. The number of carbonyl (C=O) groups is 3. The van der Waals surface area contributed by atoms with Gasteiger partial charge in [-0.25, -0.2) is 0 Å². The number of hydrogen-bond acceptors (Lipinski definition) is 7. The van der Waals surface area contributed by atoms with Crippen LogP contribution in [0.1, 0.15) is 167 Å². The summed E-state index contributed by atoms with van der Waals surface area (Å²) in [7, 11) is 0. The lowest BCUT2D eigenvalue weighted by atomic mass is 10.1. The molecule has 1 rings (SSSR count). The van der Waals surface area contributed by atoms with Gasteiger partial charge in [-0.2, -0.15) is 0 Å². The molecule has 1 aromatic rings. The van der Waals surface area contributed by atoms with Crippen molar-refractivity contribution in [3.05, 3.63) is 24.2 Å². The fraction of sp³-hybridized carbons (Fsp3) is 0.794. The van der Waals surface area contributed by atoms with Gasteiger partial charge in [0, 0.05) is 19.3 Å². The second kappa shape index (κ2) is 25.4. The molecule has 0 spiro atoms. The molecule has 0 aliphatic heterocycles. The molecule has 0 aliphatic carbocycles. The van der Waals surface area contributed by atoms with Gasteiger partial charge in [0.1, 0.15) is 18.5 Å². The molecule has 0 amide bonds. The first-order valence-corrected chi connectivity index (χ1v) is 16.6. The van der Waals surface area contributed by atoms with Crippen molar-refractivity contribution in [3.8, 4) is 0 Å². The summed E-state index contributed by atoms with van der Waals surface area (Å²) in [5.41, 5.74) is 0. The molecule has 0 bridgehead atoms. The van der Waals surface area contributed by atoms with E-state index in [0.29, 0.717) is 44.3 Å². The van der Waals surface area contributed by atoms with Crippen LogP contribution in [0.15, 0.2) is 22.8 Å². The van der Waals surface area contributed by atoms with Crippen molar-refractivity contribution >= 4 is 17.9 Å². The standard InChI is InChI=1S/C34H58O7/c1-4-7-10-13-16-24-32(35)39-28-29(40-33(36)25-17-14-11-8-5-2)21-19-22-31(30-23-20-27-38-30)41-34(37)26-18-15-12-9-6-3/h20,23,27,29,31H,4-19,21-22,24-26,28H2,1-3H3. The molecule has 0 saturated carbocycles. The number of rotatable bonds is 27. The van der Waals surface area contributed by atoms with Gasteiger partial charge in [0.15, 0.2) is 6.10 Å². The largest absolute Gasteiger partial charge is 0.465 e. The predicted octanol–water partition coefficient (Wildman–Crippen LogP) is 9.57. The maximum absolute atomic E-state index is 12.6. The van der Waals surface area contributed by atoms with Crippen LogP contribution in [0.25, 0.3) is 0 Å². The lowest BCUT2D eigenvalue weighted by molar-refractivity contribution is -0.160. The highest BCUT2D eigenvalue weighted by Gasteiger charge is 2.22. The second-order valence-corrected chi connectivity index (χ2v) is 11.2. The van der Waals surface area contributed by atoms with Gasteiger partial charge in [0.25, 0.3) is 0 Å². The van der Waals surface area contributed by atoms with Crippen LogP contribution < -0.4 is 0 Å². The lowest BCUT2D eigenvalue weighted by Crippen LogP contribution is -2.25. The van der Waals surface area contributed by atoms with E-state index in [2.05, 4.69) is 20.8 Å². The number of hydrogen-bond donors (Lipinski definition) is 0. The van der Waals surface area contributed by atoms with Gasteiger partial charge >= 0.3 is 17.9 Å². The Labute approximate surface area is 249 Å². The van der Waals surface area contributed by atoms with E-state index < -0.39 is 12.2 Å². The minimum absolute atomic E-state index is 0.0539. The van der Waals surface area contributed by atoms with Crippen molar-refractivity contribution in [1.82, 2.24) is 0 Å². The van der Waals surface area contributed by atoms with Crippen molar-refractivity contribution in [2.24, 2.45) is 0 Å². The maximum Gasteiger partial charge on any atom is 0.306 e. The van der Waals surface area contributed by atoms with Crippen molar-refractivity contribution in [3.63, 3.8) is 0 Å². The van der Waals surface area contributed by atoms with Crippen LogP contribution in [0, 0.1) is 0 Å². The Morgan fingerprint density at radius 3 is 1.66 bits per heavy atom. The van der Waals surface area contributed by atoms with E-state index in [1.54, 1.807) is 12.3 Å². The topological polar surface area (TPSA) is 92.0 Å². The highest BCUT2D eigenvalue weighted by Crippen LogP contribution is 2.26. The molecule has 2 atom stereocenters. The van der Waals surface area contributed by atoms with E-state index >= 15 is 0 Å². The molecule has 7 heteroatoms. The molecule has 2 unspecified atom stereocenters.